The van der Waals surface area contributed by atoms with Gasteiger partial charge in [0, 0.05) is 12.7 Å². The van der Waals surface area contributed by atoms with Crippen LogP contribution in [0.25, 0.3) is 5.69 Å². The molecule has 2 aromatic rings. The first-order valence-electron chi connectivity index (χ1n) is 6.16. The van der Waals surface area contributed by atoms with E-state index in [-0.39, 0.29) is 24.8 Å². The maximum Gasteiger partial charge on any atom is 0.307 e. The minimum absolute atomic E-state index is 0.148. The summed E-state index contributed by atoms with van der Waals surface area (Å²) in [5.74, 6) is -0.624. The third-order valence-corrected chi connectivity index (χ3v) is 2.71. The van der Waals surface area contributed by atoms with Crippen molar-refractivity contribution >= 4 is 11.9 Å². The van der Waals surface area contributed by atoms with E-state index in [9.17, 15) is 9.59 Å². The summed E-state index contributed by atoms with van der Waals surface area (Å²) in [4.78, 5) is 22.8. The zero-order valence-corrected chi connectivity index (χ0v) is 11.1. The summed E-state index contributed by atoms with van der Waals surface area (Å²) in [5.41, 5.74) is 1.32. The highest BCUT2D eigenvalue weighted by Crippen LogP contribution is 2.07. The number of amides is 1. The second-order valence-corrected chi connectivity index (χ2v) is 4.09. The van der Waals surface area contributed by atoms with E-state index in [1.807, 2.05) is 30.3 Å². The van der Waals surface area contributed by atoms with Gasteiger partial charge in [-0.3, -0.25) is 9.59 Å². The van der Waals surface area contributed by atoms with E-state index in [1.165, 1.54) is 13.3 Å². The number of aromatic nitrogens is 2. The quantitative estimate of drug-likeness (QED) is 0.830. The lowest BCUT2D eigenvalue weighted by molar-refractivity contribution is -0.140. The van der Waals surface area contributed by atoms with Crippen LogP contribution in [0, 0.1) is 0 Å². The van der Waals surface area contributed by atoms with Gasteiger partial charge < -0.3 is 10.1 Å². The van der Waals surface area contributed by atoms with Crippen molar-refractivity contribution in [3.05, 3.63) is 48.3 Å². The molecule has 6 nitrogen and oxygen atoms in total. The number of para-hydroxylation sites is 1. The second-order valence-electron chi connectivity index (χ2n) is 4.09. The molecule has 1 N–H and O–H groups in total. The number of carbonyl (C=O) groups excluding carboxylic acids is 2. The summed E-state index contributed by atoms with van der Waals surface area (Å²) in [7, 11) is 1.31. The Balaban J connectivity index is 1.95. The van der Waals surface area contributed by atoms with Crippen molar-refractivity contribution in [3.8, 4) is 5.69 Å². The molecule has 104 valence electrons. The number of ether oxygens (including phenoxy) is 1. The fourth-order valence-electron chi connectivity index (χ4n) is 1.64. The van der Waals surface area contributed by atoms with Crippen molar-refractivity contribution < 1.29 is 14.3 Å². The van der Waals surface area contributed by atoms with Gasteiger partial charge in [-0.1, -0.05) is 18.2 Å². The molecule has 0 aliphatic carbocycles. The minimum Gasteiger partial charge on any atom is -0.469 e. The molecular formula is C14H15N3O3. The molecule has 0 bridgehead atoms. The predicted molar refractivity (Wildman–Crippen MR) is 72.5 cm³/mol. The van der Waals surface area contributed by atoms with Gasteiger partial charge in [-0.2, -0.15) is 5.10 Å². The van der Waals surface area contributed by atoms with Gasteiger partial charge in [0.25, 0.3) is 5.91 Å². The maximum absolute atomic E-state index is 11.8. The maximum atomic E-state index is 11.8. The summed E-state index contributed by atoms with van der Waals surface area (Å²) in [6.07, 6.45) is 3.28. The average molecular weight is 273 g/mol. The van der Waals surface area contributed by atoms with Crippen molar-refractivity contribution in [2.75, 3.05) is 13.7 Å². The lowest BCUT2D eigenvalue weighted by Gasteiger charge is -2.02. The van der Waals surface area contributed by atoms with Crippen LogP contribution >= 0.6 is 0 Å². The van der Waals surface area contributed by atoms with Crippen molar-refractivity contribution in [3.63, 3.8) is 0 Å². The van der Waals surface area contributed by atoms with E-state index in [0.29, 0.717) is 5.56 Å². The largest absolute Gasteiger partial charge is 0.469 e. The molecule has 0 saturated carbocycles. The van der Waals surface area contributed by atoms with Crippen LogP contribution in [0.3, 0.4) is 0 Å². The van der Waals surface area contributed by atoms with E-state index in [2.05, 4.69) is 15.2 Å². The molecule has 0 atom stereocenters. The number of nitrogens with zero attached hydrogens (tertiary/aromatic N) is 2. The van der Waals surface area contributed by atoms with Gasteiger partial charge in [0.2, 0.25) is 0 Å². The van der Waals surface area contributed by atoms with Gasteiger partial charge in [-0.25, -0.2) is 4.68 Å². The standard InChI is InChI=1S/C14H15N3O3/c1-20-13(18)7-8-15-14(19)11-9-16-17(10-11)12-5-3-2-4-6-12/h2-6,9-10H,7-8H2,1H3,(H,15,19). The molecule has 0 fully saturated rings. The SMILES string of the molecule is COC(=O)CCNC(=O)c1cnn(-c2ccccc2)c1. The third-order valence-electron chi connectivity index (χ3n) is 2.71. The predicted octanol–water partition coefficient (Wildman–Crippen LogP) is 1.17. The van der Waals surface area contributed by atoms with E-state index in [4.69, 9.17) is 0 Å². The zero-order valence-electron chi connectivity index (χ0n) is 11.1. The van der Waals surface area contributed by atoms with Crippen LogP contribution in [0.15, 0.2) is 42.7 Å². The van der Waals surface area contributed by atoms with Gasteiger partial charge >= 0.3 is 5.97 Å². The van der Waals surface area contributed by atoms with Crippen LogP contribution in [0.4, 0.5) is 0 Å². The molecule has 0 unspecified atom stereocenters. The molecule has 0 saturated heterocycles. The van der Waals surface area contributed by atoms with E-state index in [0.717, 1.165) is 5.69 Å². The first-order chi connectivity index (χ1) is 9.70. The summed E-state index contributed by atoms with van der Waals surface area (Å²) in [5, 5.41) is 6.77. The van der Waals surface area contributed by atoms with Crippen LogP contribution in [0.5, 0.6) is 0 Å². The van der Waals surface area contributed by atoms with Crippen molar-refractivity contribution in [2.24, 2.45) is 0 Å². The summed E-state index contributed by atoms with van der Waals surface area (Å²) in [6.45, 7) is 0.238. The fourth-order valence-corrected chi connectivity index (χ4v) is 1.64. The number of esters is 1. The lowest BCUT2D eigenvalue weighted by atomic mass is 10.3. The molecule has 1 aromatic carbocycles. The fraction of sp³-hybridized carbons (Fsp3) is 0.214. The molecule has 0 spiro atoms. The van der Waals surface area contributed by atoms with Gasteiger partial charge in [-0.05, 0) is 12.1 Å². The van der Waals surface area contributed by atoms with Crippen LogP contribution in [-0.2, 0) is 9.53 Å². The Bertz CT molecular complexity index is 593. The van der Waals surface area contributed by atoms with Gasteiger partial charge in [-0.15, -0.1) is 0 Å². The normalized spacial score (nSPS) is 10.1. The lowest BCUT2D eigenvalue weighted by Crippen LogP contribution is -2.26. The number of carbonyl (C=O) groups is 2. The van der Waals surface area contributed by atoms with Gasteiger partial charge in [0.05, 0.1) is 31.0 Å². The van der Waals surface area contributed by atoms with Crippen LogP contribution in [-0.4, -0.2) is 35.3 Å². The summed E-state index contributed by atoms with van der Waals surface area (Å²) < 4.78 is 6.11. The topological polar surface area (TPSA) is 73.2 Å². The average Bonchev–Trinajstić information content (AvgIpc) is 2.97. The number of rotatable bonds is 5. The summed E-state index contributed by atoms with van der Waals surface area (Å²) in [6, 6.07) is 9.49. The van der Waals surface area contributed by atoms with Crippen molar-refractivity contribution in [1.29, 1.82) is 0 Å². The highest BCUT2D eigenvalue weighted by molar-refractivity contribution is 5.93. The first kappa shape index (κ1) is 13.8. The van der Waals surface area contributed by atoms with Crippen LogP contribution < -0.4 is 5.32 Å². The van der Waals surface area contributed by atoms with Crippen LogP contribution in [0.1, 0.15) is 16.8 Å². The molecule has 0 radical (unpaired) electrons. The minimum atomic E-state index is -0.356. The number of nitrogens with one attached hydrogen (secondary N) is 1. The Morgan fingerprint density at radius 3 is 2.75 bits per heavy atom. The third kappa shape index (κ3) is 3.44. The Morgan fingerprint density at radius 2 is 2.05 bits per heavy atom. The van der Waals surface area contributed by atoms with E-state index < -0.39 is 0 Å². The van der Waals surface area contributed by atoms with Crippen molar-refractivity contribution in [1.82, 2.24) is 15.1 Å². The Labute approximate surface area is 116 Å². The number of hydrogen-bond donors (Lipinski definition) is 1. The smallest absolute Gasteiger partial charge is 0.307 e. The Kier molecular flexibility index (Phi) is 4.49. The van der Waals surface area contributed by atoms with E-state index >= 15 is 0 Å². The first-order valence-corrected chi connectivity index (χ1v) is 6.16. The second kappa shape index (κ2) is 6.51. The molecule has 2 rings (SSSR count). The Morgan fingerprint density at radius 1 is 1.30 bits per heavy atom. The van der Waals surface area contributed by atoms with Gasteiger partial charge in [0.1, 0.15) is 0 Å². The van der Waals surface area contributed by atoms with E-state index in [1.54, 1.807) is 10.9 Å². The van der Waals surface area contributed by atoms with Crippen LogP contribution in [0.2, 0.25) is 0 Å². The number of methoxy groups -OCH3 is 1. The number of benzene rings is 1. The Hall–Kier alpha value is -2.63. The highest BCUT2D eigenvalue weighted by atomic mass is 16.5. The molecule has 0 aliphatic rings. The molecule has 1 aromatic heterocycles. The monoisotopic (exact) mass is 273 g/mol. The number of hydrogen-bond acceptors (Lipinski definition) is 4. The zero-order chi connectivity index (χ0) is 14.4. The molecule has 1 heterocycles. The highest BCUT2D eigenvalue weighted by Gasteiger charge is 2.09. The summed E-state index contributed by atoms with van der Waals surface area (Å²) >= 11 is 0. The molecular weight excluding hydrogens is 258 g/mol. The molecule has 20 heavy (non-hydrogen) atoms. The van der Waals surface area contributed by atoms with Crippen molar-refractivity contribution in [2.45, 2.75) is 6.42 Å². The molecule has 6 heteroatoms. The molecule has 0 aliphatic heterocycles. The molecule has 1 amide bonds. The van der Waals surface area contributed by atoms with Gasteiger partial charge in [0.15, 0.2) is 0 Å².